The van der Waals surface area contributed by atoms with E-state index in [9.17, 15) is 4.39 Å². The van der Waals surface area contributed by atoms with Crippen molar-refractivity contribution in [2.45, 2.75) is 19.9 Å². The molecule has 0 heterocycles. The van der Waals surface area contributed by atoms with E-state index in [1.54, 1.807) is 13.2 Å². The minimum atomic E-state index is -0.222. The van der Waals surface area contributed by atoms with Gasteiger partial charge in [-0.1, -0.05) is 28.9 Å². The Labute approximate surface area is 111 Å². The van der Waals surface area contributed by atoms with Gasteiger partial charge in [0.2, 0.25) is 0 Å². The first-order valence-corrected chi connectivity index (χ1v) is 6.51. The van der Waals surface area contributed by atoms with Crippen LogP contribution < -0.4 is 5.32 Å². The second-order valence-electron chi connectivity index (χ2n) is 4.36. The van der Waals surface area contributed by atoms with Crippen LogP contribution in [0.15, 0.2) is 22.7 Å². The van der Waals surface area contributed by atoms with E-state index in [1.807, 2.05) is 0 Å². The van der Waals surface area contributed by atoms with E-state index in [-0.39, 0.29) is 11.9 Å². The van der Waals surface area contributed by atoms with Crippen molar-refractivity contribution >= 4 is 15.9 Å². The molecule has 4 heteroatoms. The predicted molar refractivity (Wildman–Crippen MR) is 71.6 cm³/mol. The number of benzene rings is 1. The van der Waals surface area contributed by atoms with E-state index in [1.165, 1.54) is 12.1 Å². The molecule has 0 saturated carbocycles. The van der Waals surface area contributed by atoms with Gasteiger partial charge in [-0.15, -0.1) is 0 Å². The van der Waals surface area contributed by atoms with Gasteiger partial charge in [-0.3, -0.25) is 0 Å². The Morgan fingerprint density at radius 2 is 2.12 bits per heavy atom. The third kappa shape index (κ3) is 4.74. The molecule has 2 nitrogen and oxygen atoms in total. The Kier molecular flexibility index (Phi) is 6.09. The van der Waals surface area contributed by atoms with Gasteiger partial charge in [0, 0.05) is 30.8 Å². The molecule has 0 spiro atoms. The van der Waals surface area contributed by atoms with E-state index in [4.69, 9.17) is 4.74 Å². The van der Waals surface area contributed by atoms with Gasteiger partial charge in [0.05, 0.1) is 0 Å². The lowest BCUT2D eigenvalue weighted by atomic mass is 10.1. The van der Waals surface area contributed by atoms with Crippen molar-refractivity contribution in [3.63, 3.8) is 0 Å². The van der Waals surface area contributed by atoms with E-state index < -0.39 is 0 Å². The topological polar surface area (TPSA) is 21.3 Å². The molecule has 0 aromatic heterocycles. The lowest BCUT2D eigenvalue weighted by molar-refractivity contribution is 0.157. The lowest BCUT2D eigenvalue weighted by Crippen LogP contribution is -2.26. The molecule has 1 aromatic rings. The highest BCUT2D eigenvalue weighted by Crippen LogP contribution is 2.24. The highest BCUT2D eigenvalue weighted by Gasteiger charge is 2.11. The average molecular weight is 304 g/mol. The first-order valence-electron chi connectivity index (χ1n) is 5.72. The molecule has 1 aromatic carbocycles. The molecule has 2 unspecified atom stereocenters. The van der Waals surface area contributed by atoms with Crippen LogP contribution in [0, 0.1) is 11.7 Å². The molecule has 0 radical (unpaired) electrons. The largest absolute Gasteiger partial charge is 0.384 e. The predicted octanol–water partition coefficient (Wildman–Crippen LogP) is 3.52. The fourth-order valence-corrected chi connectivity index (χ4v) is 2.38. The Morgan fingerprint density at radius 1 is 1.41 bits per heavy atom. The number of nitrogens with one attached hydrogen (secondary N) is 1. The van der Waals surface area contributed by atoms with E-state index >= 15 is 0 Å². The van der Waals surface area contributed by atoms with Crippen LogP contribution in [-0.2, 0) is 4.74 Å². The Morgan fingerprint density at radius 3 is 2.71 bits per heavy atom. The van der Waals surface area contributed by atoms with Gasteiger partial charge in [-0.25, -0.2) is 4.39 Å². The molecule has 17 heavy (non-hydrogen) atoms. The zero-order valence-corrected chi connectivity index (χ0v) is 12.1. The third-order valence-electron chi connectivity index (χ3n) is 2.65. The number of halogens is 2. The first-order chi connectivity index (χ1) is 8.04. The van der Waals surface area contributed by atoms with Gasteiger partial charge in [-0.05, 0) is 30.5 Å². The summed E-state index contributed by atoms with van der Waals surface area (Å²) in [7, 11) is 1.70. The van der Waals surface area contributed by atoms with Crippen LogP contribution in [0.2, 0.25) is 0 Å². The number of ether oxygens (including phenoxy) is 1. The van der Waals surface area contributed by atoms with E-state index in [0.717, 1.165) is 23.2 Å². The third-order valence-corrected chi connectivity index (χ3v) is 3.34. The molecule has 96 valence electrons. The van der Waals surface area contributed by atoms with Crippen LogP contribution in [0.4, 0.5) is 4.39 Å². The molecule has 1 rings (SSSR count). The maximum Gasteiger partial charge on any atom is 0.124 e. The first kappa shape index (κ1) is 14.6. The van der Waals surface area contributed by atoms with Crippen LogP contribution in [0.25, 0.3) is 0 Å². The molecular formula is C13H19BrFNO. The monoisotopic (exact) mass is 303 g/mol. The molecule has 2 atom stereocenters. The average Bonchev–Trinajstić information content (AvgIpc) is 2.26. The maximum absolute atomic E-state index is 13.0. The molecule has 1 N–H and O–H groups in total. The second-order valence-corrected chi connectivity index (χ2v) is 5.21. The summed E-state index contributed by atoms with van der Waals surface area (Å²) in [5, 5.41) is 3.41. The number of rotatable bonds is 6. The number of methoxy groups -OCH3 is 1. The van der Waals surface area contributed by atoms with Gasteiger partial charge in [0.15, 0.2) is 0 Å². The van der Waals surface area contributed by atoms with Crippen molar-refractivity contribution in [3.8, 4) is 0 Å². The Bertz CT molecular complexity index is 359. The van der Waals surface area contributed by atoms with Crippen molar-refractivity contribution in [3.05, 3.63) is 34.1 Å². The molecule has 0 bridgehead atoms. The Hall–Kier alpha value is -0.450. The summed E-state index contributed by atoms with van der Waals surface area (Å²) in [6.45, 7) is 5.81. The molecule has 0 aliphatic heterocycles. The van der Waals surface area contributed by atoms with Crippen molar-refractivity contribution < 1.29 is 9.13 Å². The minimum Gasteiger partial charge on any atom is -0.384 e. The quantitative estimate of drug-likeness (QED) is 0.868. The normalized spacial score (nSPS) is 14.6. The highest BCUT2D eigenvalue weighted by atomic mass is 79.9. The van der Waals surface area contributed by atoms with Crippen molar-refractivity contribution in [1.29, 1.82) is 0 Å². The van der Waals surface area contributed by atoms with Crippen molar-refractivity contribution in [2.75, 3.05) is 20.3 Å². The maximum atomic E-state index is 13.0. The summed E-state index contributed by atoms with van der Waals surface area (Å²) in [5.41, 5.74) is 1.07. The molecular weight excluding hydrogens is 285 g/mol. The summed E-state index contributed by atoms with van der Waals surface area (Å²) in [5.74, 6) is 0.238. The van der Waals surface area contributed by atoms with Crippen LogP contribution in [0.1, 0.15) is 25.5 Å². The molecule has 0 aliphatic rings. The SMILES string of the molecule is COCC(C)CNC(C)c1ccc(F)cc1Br. The summed E-state index contributed by atoms with van der Waals surface area (Å²) < 4.78 is 18.8. The van der Waals surface area contributed by atoms with Gasteiger partial charge >= 0.3 is 0 Å². The van der Waals surface area contributed by atoms with Gasteiger partial charge in [-0.2, -0.15) is 0 Å². The summed E-state index contributed by atoms with van der Waals surface area (Å²) >= 11 is 3.38. The van der Waals surface area contributed by atoms with E-state index in [0.29, 0.717) is 5.92 Å². The van der Waals surface area contributed by atoms with Gasteiger partial charge in [0.25, 0.3) is 0 Å². The molecule has 0 amide bonds. The van der Waals surface area contributed by atoms with Crippen LogP contribution >= 0.6 is 15.9 Å². The summed E-state index contributed by atoms with van der Waals surface area (Å²) in [6.07, 6.45) is 0. The molecule has 0 aliphatic carbocycles. The van der Waals surface area contributed by atoms with Gasteiger partial charge in [0.1, 0.15) is 5.82 Å². The molecule has 0 saturated heterocycles. The minimum absolute atomic E-state index is 0.185. The smallest absolute Gasteiger partial charge is 0.124 e. The van der Waals surface area contributed by atoms with Crippen molar-refractivity contribution in [2.24, 2.45) is 5.92 Å². The second kappa shape index (κ2) is 7.09. The number of hydrogen-bond acceptors (Lipinski definition) is 2. The standard InChI is InChI=1S/C13H19BrFNO/c1-9(8-17-3)7-16-10(2)12-5-4-11(15)6-13(12)14/h4-6,9-10,16H,7-8H2,1-3H3. The lowest BCUT2D eigenvalue weighted by Gasteiger charge is -2.18. The summed E-state index contributed by atoms with van der Waals surface area (Å²) in [4.78, 5) is 0. The van der Waals surface area contributed by atoms with Crippen LogP contribution in [-0.4, -0.2) is 20.3 Å². The summed E-state index contributed by atoms with van der Waals surface area (Å²) in [6, 6.07) is 4.96. The van der Waals surface area contributed by atoms with Crippen LogP contribution in [0.5, 0.6) is 0 Å². The van der Waals surface area contributed by atoms with Crippen LogP contribution in [0.3, 0.4) is 0 Å². The van der Waals surface area contributed by atoms with Crippen molar-refractivity contribution in [1.82, 2.24) is 5.32 Å². The van der Waals surface area contributed by atoms with E-state index in [2.05, 4.69) is 35.1 Å². The fourth-order valence-electron chi connectivity index (χ4n) is 1.68. The highest BCUT2D eigenvalue weighted by molar-refractivity contribution is 9.10. The fraction of sp³-hybridized carbons (Fsp3) is 0.538. The molecule has 0 fully saturated rings. The van der Waals surface area contributed by atoms with Gasteiger partial charge < -0.3 is 10.1 Å². The zero-order valence-electron chi connectivity index (χ0n) is 10.5. The zero-order chi connectivity index (χ0) is 12.8. The Balaban J connectivity index is 2.54. The number of hydrogen-bond donors (Lipinski definition) is 1.